The number of benzene rings is 1. The van der Waals surface area contributed by atoms with Gasteiger partial charge in [-0.05, 0) is 12.1 Å². The predicted octanol–water partition coefficient (Wildman–Crippen LogP) is 1.68. The monoisotopic (exact) mass is 238 g/mol. The van der Waals surface area contributed by atoms with Crippen molar-refractivity contribution < 1.29 is 9.53 Å². The maximum absolute atomic E-state index is 11.3. The number of hydrogen-bond acceptors (Lipinski definition) is 3. The lowest BCUT2D eigenvalue weighted by Crippen LogP contribution is -2.27. The first-order valence-corrected chi connectivity index (χ1v) is 4.95. The molecule has 0 heterocycles. The van der Waals surface area contributed by atoms with Gasteiger partial charge in [0.15, 0.2) is 6.61 Å². The van der Waals surface area contributed by atoms with E-state index in [-0.39, 0.29) is 12.5 Å². The minimum Gasteiger partial charge on any atom is -0.482 e. The molecule has 0 atom stereocenters. The number of nitriles is 1. The van der Waals surface area contributed by atoms with Crippen molar-refractivity contribution in [1.82, 2.24) is 4.90 Å². The van der Waals surface area contributed by atoms with E-state index in [0.717, 1.165) is 0 Å². The summed E-state index contributed by atoms with van der Waals surface area (Å²) in [5.74, 6) is 0.147. The molecule has 1 aromatic rings. The van der Waals surface area contributed by atoms with E-state index >= 15 is 0 Å². The summed E-state index contributed by atoms with van der Waals surface area (Å²) < 4.78 is 5.23. The van der Waals surface area contributed by atoms with Crippen molar-refractivity contribution in [1.29, 1.82) is 5.26 Å². The number of nitrogens with zero attached hydrogens (tertiary/aromatic N) is 2. The van der Waals surface area contributed by atoms with Crippen molar-refractivity contribution in [3.63, 3.8) is 0 Å². The third-order valence-electron chi connectivity index (χ3n) is 1.91. The van der Waals surface area contributed by atoms with Crippen LogP contribution in [0.3, 0.4) is 0 Å². The van der Waals surface area contributed by atoms with E-state index < -0.39 is 0 Å². The zero-order valence-corrected chi connectivity index (χ0v) is 9.78. The smallest absolute Gasteiger partial charge is 0.259 e. The Morgan fingerprint density at radius 3 is 2.81 bits per heavy atom. The van der Waals surface area contributed by atoms with Crippen LogP contribution in [0.15, 0.2) is 18.2 Å². The molecule has 0 unspecified atom stereocenters. The number of carbonyl (C=O) groups is 1. The first-order chi connectivity index (χ1) is 7.54. The molecule has 0 aliphatic heterocycles. The van der Waals surface area contributed by atoms with Gasteiger partial charge in [-0.1, -0.05) is 11.6 Å². The minimum absolute atomic E-state index is 0.109. The summed E-state index contributed by atoms with van der Waals surface area (Å²) in [5, 5.41) is 9.28. The molecule has 0 saturated carbocycles. The van der Waals surface area contributed by atoms with E-state index in [1.807, 2.05) is 6.07 Å². The predicted molar refractivity (Wildman–Crippen MR) is 60.4 cm³/mol. The number of hydrogen-bond donors (Lipinski definition) is 0. The normalized spacial score (nSPS) is 9.38. The second-order valence-corrected chi connectivity index (χ2v) is 3.77. The van der Waals surface area contributed by atoms with Crippen molar-refractivity contribution >= 4 is 17.5 Å². The third-order valence-corrected chi connectivity index (χ3v) is 2.15. The summed E-state index contributed by atoms with van der Waals surface area (Å²) in [6, 6.07) is 6.64. The molecule has 1 aromatic carbocycles. The molecule has 0 radical (unpaired) electrons. The third kappa shape index (κ3) is 3.14. The summed E-state index contributed by atoms with van der Waals surface area (Å²) in [4.78, 5) is 12.7. The number of rotatable bonds is 3. The number of halogens is 1. The van der Waals surface area contributed by atoms with Crippen LogP contribution in [0.4, 0.5) is 0 Å². The van der Waals surface area contributed by atoms with Crippen LogP contribution in [0.5, 0.6) is 5.75 Å². The van der Waals surface area contributed by atoms with Crippen LogP contribution in [-0.2, 0) is 4.79 Å². The van der Waals surface area contributed by atoms with Crippen LogP contribution >= 0.6 is 11.6 Å². The Hall–Kier alpha value is -1.73. The van der Waals surface area contributed by atoms with Gasteiger partial charge in [-0.25, -0.2) is 0 Å². The molecular weight excluding hydrogens is 228 g/mol. The SMILES string of the molecule is CN(C)C(=O)COc1cc(Cl)ccc1C#N. The summed E-state index contributed by atoms with van der Waals surface area (Å²) in [6.07, 6.45) is 0. The number of amides is 1. The van der Waals surface area contributed by atoms with E-state index in [4.69, 9.17) is 21.6 Å². The van der Waals surface area contributed by atoms with Crippen molar-refractivity contribution in [3.05, 3.63) is 28.8 Å². The van der Waals surface area contributed by atoms with E-state index in [1.54, 1.807) is 26.2 Å². The number of likely N-dealkylation sites (N-methyl/N-ethyl adjacent to an activating group) is 1. The largest absolute Gasteiger partial charge is 0.482 e. The lowest BCUT2D eigenvalue weighted by Gasteiger charge is -2.12. The molecule has 1 rings (SSSR count). The van der Waals surface area contributed by atoms with Gasteiger partial charge in [-0.2, -0.15) is 5.26 Å². The average Bonchev–Trinajstić information content (AvgIpc) is 2.25. The topological polar surface area (TPSA) is 53.3 Å². The molecule has 1 amide bonds. The molecule has 5 heteroatoms. The molecule has 0 N–H and O–H groups in total. The van der Waals surface area contributed by atoms with Gasteiger partial charge in [0.1, 0.15) is 11.8 Å². The lowest BCUT2D eigenvalue weighted by atomic mass is 10.2. The Bertz CT molecular complexity index is 438. The summed E-state index contributed by atoms with van der Waals surface area (Å²) in [5.41, 5.74) is 0.357. The van der Waals surface area contributed by atoms with Crippen LogP contribution in [0, 0.1) is 11.3 Å². The molecule has 4 nitrogen and oxygen atoms in total. The molecule has 0 aliphatic carbocycles. The minimum atomic E-state index is -0.177. The van der Waals surface area contributed by atoms with E-state index in [1.165, 1.54) is 11.0 Å². The van der Waals surface area contributed by atoms with Crippen molar-refractivity contribution in [2.75, 3.05) is 20.7 Å². The maximum Gasteiger partial charge on any atom is 0.259 e. The molecule has 0 aliphatic rings. The molecule has 0 saturated heterocycles. The van der Waals surface area contributed by atoms with Crippen molar-refractivity contribution in [3.8, 4) is 11.8 Å². The van der Waals surface area contributed by atoms with Crippen molar-refractivity contribution in [2.45, 2.75) is 0 Å². The standard InChI is InChI=1S/C11H11ClN2O2/c1-14(2)11(15)7-16-10-5-9(12)4-3-8(10)6-13/h3-5H,7H2,1-2H3. The van der Waals surface area contributed by atoms with Crippen LogP contribution < -0.4 is 4.74 Å². The Morgan fingerprint density at radius 1 is 1.56 bits per heavy atom. The molecule has 84 valence electrons. The van der Waals surface area contributed by atoms with Gasteiger partial charge >= 0.3 is 0 Å². The van der Waals surface area contributed by atoms with Gasteiger partial charge in [-0.3, -0.25) is 4.79 Å². The van der Waals surface area contributed by atoms with Gasteiger partial charge in [0.25, 0.3) is 5.91 Å². The molecule has 0 bridgehead atoms. The lowest BCUT2D eigenvalue weighted by molar-refractivity contribution is -0.130. The van der Waals surface area contributed by atoms with Gasteiger partial charge < -0.3 is 9.64 Å². The van der Waals surface area contributed by atoms with Gasteiger partial charge in [-0.15, -0.1) is 0 Å². The van der Waals surface area contributed by atoms with Crippen molar-refractivity contribution in [2.24, 2.45) is 0 Å². The Kier molecular flexibility index (Phi) is 4.15. The Morgan fingerprint density at radius 2 is 2.25 bits per heavy atom. The van der Waals surface area contributed by atoms with Crippen LogP contribution in [-0.4, -0.2) is 31.5 Å². The number of carbonyl (C=O) groups excluding carboxylic acids is 1. The zero-order valence-electron chi connectivity index (χ0n) is 9.03. The average molecular weight is 239 g/mol. The second kappa shape index (κ2) is 5.38. The molecule has 0 aromatic heterocycles. The van der Waals surface area contributed by atoms with Crippen LogP contribution in [0.2, 0.25) is 5.02 Å². The van der Waals surface area contributed by atoms with E-state index in [2.05, 4.69) is 0 Å². The first-order valence-electron chi connectivity index (χ1n) is 4.57. The summed E-state index contributed by atoms with van der Waals surface area (Å²) in [6.45, 7) is -0.109. The highest BCUT2D eigenvalue weighted by atomic mass is 35.5. The van der Waals surface area contributed by atoms with Crippen LogP contribution in [0.25, 0.3) is 0 Å². The zero-order chi connectivity index (χ0) is 12.1. The molecule has 16 heavy (non-hydrogen) atoms. The molecule has 0 spiro atoms. The molecule has 0 fully saturated rings. The highest BCUT2D eigenvalue weighted by Gasteiger charge is 2.08. The highest BCUT2D eigenvalue weighted by Crippen LogP contribution is 2.22. The first kappa shape index (κ1) is 12.3. The molecular formula is C11H11ClN2O2. The fourth-order valence-electron chi connectivity index (χ4n) is 0.977. The van der Waals surface area contributed by atoms with Crippen LogP contribution in [0.1, 0.15) is 5.56 Å². The van der Waals surface area contributed by atoms with Gasteiger partial charge in [0, 0.05) is 25.2 Å². The summed E-state index contributed by atoms with van der Waals surface area (Å²) in [7, 11) is 3.27. The van der Waals surface area contributed by atoms with Gasteiger partial charge in [0.2, 0.25) is 0 Å². The quantitative estimate of drug-likeness (QED) is 0.805. The van der Waals surface area contributed by atoms with Gasteiger partial charge in [0.05, 0.1) is 5.56 Å². The fourth-order valence-corrected chi connectivity index (χ4v) is 1.14. The maximum atomic E-state index is 11.3. The Labute approximate surface area is 99.0 Å². The van der Waals surface area contributed by atoms with E-state index in [9.17, 15) is 4.79 Å². The second-order valence-electron chi connectivity index (χ2n) is 3.33. The highest BCUT2D eigenvalue weighted by molar-refractivity contribution is 6.30. The van der Waals surface area contributed by atoms with E-state index in [0.29, 0.717) is 16.3 Å². The number of ether oxygens (including phenoxy) is 1. The Balaban J connectivity index is 2.77. The summed E-state index contributed by atoms with van der Waals surface area (Å²) >= 11 is 5.77. The fraction of sp³-hybridized carbons (Fsp3) is 0.273.